The van der Waals surface area contributed by atoms with Crippen molar-refractivity contribution >= 4 is 11.7 Å². The summed E-state index contributed by atoms with van der Waals surface area (Å²) in [6.07, 6.45) is 0. The number of aliphatic hydroxyl groups excluding tert-OH is 2. The summed E-state index contributed by atoms with van der Waals surface area (Å²) in [6.45, 7) is 0.267. The van der Waals surface area contributed by atoms with Crippen LogP contribution in [0.3, 0.4) is 0 Å². The molecule has 23 heavy (non-hydrogen) atoms. The molecule has 126 valence electrons. The van der Waals surface area contributed by atoms with E-state index in [2.05, 4.69) is 0 Å². The Labute approximate surface area is 134 Å². The van der Waals surface area contributed by atoms with E-state index in [-0.39, 0.29) is 25.0 Å². The van der Waals surface area contributed by atoms with Crippen LogP contribution in [0.4, 0.5) is 0 Å². The second-order valence-electron chi connectivity index (χ2n) is 5.85. The number of aliphatic hydroxyl groups is 2. The first-order chi connectivity index (χ1) is 10.9. The SMILES string of the molecule is COc1cc(C(=N)N(C)N)ccc1C(=O)N1CC(CO)(CO)C1. The van der Waals surface area contributed by atoms with E-state index in [0.717, 1.165) is 0 Å². The Morgan fingerprint density at radius 1 is 1.43 bits per heavy atom. The number of likely N-dealkylation sites (tertiary alicyclic amines) is 1. The number of hydrogen-bond acceptors (Lipinski definition) is 6. The minimum Gasteiger partial charge on any atom is -0.496 e. The summed E-state index contributed by atoms with van der Waals surface area (Å²) in [4.78, 5) is 14.1. The number of carbonyl (C=O) groups is 1. The predicted molar refractivity (Wildman–Crippen MR) is 84.3 cm³/mol. The number of hydrogen-bond donors (Lipinski definition) is 4. The van der Waals surface area contributed by atoms with Gasteiger partial charge in [0.25, 0.3) is 5.91 Å². The van der Waals surface area contributed by atoms with Crippen LogP contribution < -0.4 is 10.6 Å². The second-order valence-corrected chi connectivity index (χ2v) is 5.85. The molecule has 0 bridgehead atoms. The molecule has 1 aromatic carbocycles. The van der Waals surface area contributed by atoms with Gasteiger partial charge in [0.05, 0.1) is 31.3 Å². The van der Waals surface area contributed by atoms with Crippen LogP contribution in [0.15, 0.2) is 18.2 Å². The largest absolute Gasteiger partial charge is 0.496 e. The zero-order valence-corrected chi connectivity index (χ0v) is 13.2. The van der Waals surface area contributed by atoms with E-state index in [0.29, 0.717) is 30.0 Å². The van der Waals surface area contributed by atoms with Crippen molar-refractivity contribution in [1.82, 2.24) is 9.91 Å². The maximum Gasteiger partial charge on any atom is 0.257 e. The summed E-state index contributed by atoms with van der Waals surface area (Å²) < 4.78 is 5.26. The average molecular weight is 322 g/mol. The summed E-state index contributed by atoms with van der Waals surface area (Å²) in [5.41, 5.74) is 0.285. The maximum absolute atomic E-state index is 12.5. The first kappa shape index (κ1) is 17.2. The maximum atomic E-state index is 12.5. The fraction of sp³-hybridized carbons (Fsp3) is 0.467. The lowest BCUT2D eigenvalue weighted by atomic mass is 9.81. The lowest BCUT2D eigenvalue weighted by Gasteiger charge is -2.48. The summed E-state index contributed by atoms with van der Waals surface area (Å²) in [5, 5.41) is 27.6. The van der Waals surface area contributed by atoms with E-state index in [1.165, 1.54) is 12.1 Å². The smallest absolute Gasteiger partial charge is 0.257 e. The molecule has 1 amide bonds. The highest BCUT2D eigenvalue weighted by molar-refractivity contribution is 6.01. The molecule has 1 aliphatic rings. The second kappa shape index (κ2) is 6.53. The van der Waals surface area contributed by atoms with Gasteiger partial charge in [0, 0.05) is 25.7 Å². The zero-order chi connectivity index (χ0) is 17.2. The van der Waals surface area contributed by atoms with Crippen molar-refractivity contribution in [2.75, 3.05) is 40.5 Å². The first-order valence-electron chi connectivity index (χ1n) is 7.14. The Morgan fingerprint density at radius 2 is 2.04 bits per heavy atom. The molecular formula is C15H22N4O4. The molecule has 0 saturated carbocycles. The Balaban J connectivity index is 2.20. The van der Waals surface area contributed by atoms with E-state index in [4.69, 9.17) is 16.0 Å². The molecule has 8 heteroatoms. The summed E-state index contributed by atoms with van der Waals surface area (Å²) in [7, 11) is 3.00. The highest BCUT2D eigenvalue weighted by atomic mass is 16.5. The third-order valence-electron chi connectivity index (χ3n) is 4.07. The molecule has 1 aliphatic heterocycles. The number of rotatable bonds is 5. The van der Waals surface area contributed by atoms with Gasteiger partial charge in [-0.15, -0.1) is 0 Å². The third kappa shape index (κ3) is 3.14. The van der Waals surface area contributed by atoms with Crippen LogP contribution in [-0.2, 0) is 0 Å². The van der Waals surface area contributed by atoms with Gasteiger partial charge in [-0.25, -0.2) is 5.84 Å². The fourth-order valence-corrected chi connectivity index (χ4v) is 2.55. The fourth-order valence-electron chi connectivity index (χ4n) is 2.55. The number of hydrazine groups is 1. The van der Waals surface area contributed by atoms with E-state index < -0.39 is 5.41 Å². The molecule has 0 aromatic heterocycles. The number of methoxy groups -OCH3 is 1. The van der Waals surface area contributed by atoms with Crippen molar-refractivity contribution in [3.8, 4) is 5.75 Å². The van der Waals surface area contributed by atoms with Crippen LogP contribution in [0.1, 0.15) is 15.9 Å². The van der Waals surface area contributed by atoms with Gasteiger partial charge in [0.15, 0.2) is 0 Å². The monoisotopic (exact) mass is 322 g/mol. The van der Waals surface area contributed by atoms with Gasteiger partial charge in [-0.1, -0.05) is 6.07 Å². The molecule has 0 spiro atoms. The lowest BCUT2D eigenvalue weighted by molar-refractivity contribution is -0.0589. The van der Waals surface area contributed by atoms with E-state index >= 15 is 0 Å². The molecular weight excluding hydrogens is 300 g/mol. The van der Waals surface area contributed by atoms with Gasteiger partial charge in [-0.3, -0.25) is 15.2 Å². The van der Waals surface area contributed by atoms with Gasteiger partial charge >= 0.3 is 0 Å². The molecule has 0 radical (unpaired) electrons. The zero-order valence-electron chi connectivity index (χ0n) is 13.2. The number of benzene rings is 1. The number of nitrogens with one attached hydrogen (secondary N) is 1. The van der Waals surface area contributed by atoms with Crippen molar-refractivity contribution in [3.63, 3.8) is 0 Å². The quantitative estimate of drug-likeness (QED) is 0.245. The number of ether oxygens (including phenoxy) is 1. The normalized spacial score (nSPS) is 15.8. The standard InChI is InChI=1S/C15H22N4O4/c1-18(17)13(16)10-3-4-11(12(5-10)23-2)14(22)19-6-15(7-19,8-20)9-21/h3-5,16,20-21H,6-9,17H2,1-2H3. The topological polar surface area (TPSA) is 123 Å². The minimum atomic E-state index is -0.618. The van der Waals surface area contributed by atoms with Crippen molar-refractivity contribution in [2.24, 2.45) is 11.3 Å². The number of nitrogens with zero attached hydrogens (tertiary/aromatic N) is 2. The predicted octanol–water partition coefficient (Wildman–Crippen LogP) is -0.747. The summed E-state index contributed by atoms with van der Waals surface area (Å²) in [5.74, 6) is 5.76. The van der Waals surface area contributed by atoms with Crippen molar-refractivity contribution in [1.29, 1.82) is 5.41 Å². The van der Waals surface area contributed by atoms with Crippen LogP contribution in [0.25, 0.3) is 0 Å². The highest BCUT2D eigenvalue weighted by Crippen LogP contribution is 2.32. The Morgan fingerprint density at radius 3 is 2.52 bits per heavy atom. The Bertz CT molecular complexity index is 605. The number of nitrogens with two attached hydrogens (primary N) is 1. The lowest BCUT2D eigenvalue weighted by Crippen LogP contribution is -2.62. The molecule has 0 unspecified atom stereocenters. The summed E-state index contributed by atoms with van der Waals surface area (Å²) >= 11 is 0. The van der Waals surface area contributed by atoms with E-state index in [1.807, 2.05) is 0 Å². The van der Waals surface area contributed by atoms with Crippen LogP contribution >= 0.6 is 0 Å². The van der Waals surface area contributed by atoms with Crippen molar-refractivity contribution in [3.05, 3.63) is 29.3 Å². The molecule has 1 saturated heterocycles. The van der Waals surface area contributed by atoms with Gasteiger partial charge in [0.1, 0.15) is 11.6 Å². The first-order valence-corrected chi connectivity index (χ1v) is 7.14. The molecule has 5 N–H and O–H groups in total. The van der Waals surface area contributed by atoms with Crippen LogP contribution in [0.2, 0.25) is 0 Å². The van der Waals surface area contributed by atoms with Gasteiger partial charge in [-0.05, 0) is 12.1 Å². The van der Waals surface area contributed by atoms with E-state index in [9.17, 15) is 15.0 Å². The minimum absolute atomic E-state index is 0.103. The average Bonchev–Trinajstić information content (AvgIpc) is 2.53. The number of carbonyl (C=O) groups excluding carboxylic acids is 1. The number of amides is 1. The van der Waals surface area contributed by atoms with Crippen LogP contribution in [0.5, 0.6) is 5.75 Å². The molecule has 0 aliphatic carbocycles. The van der Waals surface area contributed by atoms with Gasteiger partial charge < -0.3 is 19.8 Å². The Kier molecular flexibility index (Phi) is 4.88. The molecule has 1 heterocycles. The number of amidine groups is 1. The Hall–Kier alpha value is -2.16. The third-order valence-corrected chi connectivity index (χ3v) is 4.07. The molecule has 1 fully saturated rings. The van der Waals surface area contributed by atoms with Crippen LogP contribution in [0, 0.1) is 10.8 Å². The van der Waals surface area contributed by atoms with E-state index in [1.54, 1.807) is 30.1 Å². The summed E-state index contributed by atoms with van der Waals surface area (Å²) in [6, 6.07) is 4.81. The van der Waals surface area contributed by atoms with Crippen molar-refractivity contribution in [2.45, 2.75) is 0 Å². The van der Waals surface area contributed by atoms with Crippen LogP contribution in [-0.4, -0.2) is 72.3 Å². The molecule has 1 aromatic rings. The highest BCUT2D eigenvalue weighted by Gasteiger charge is 2.45. The van der Waals surface area contributed by atoms with Crippen molar-refractivity contribution < 1.29 is 19.7 Å². The molecule has 2 rings (SSSR count). The molecule has 8 nitrogen and oxygen atoms in total. The van der Waals surface area contributed by atoms with Gasteiger partial charge in [0.2, 0.25) is 0 Å². The van der Waals surface area contributed by atoms with Gasteiger partial charge in [-0.2, -0.15) is 0 Å². The molecule has 0 atom stereocenters.